The lowest BCUT2D eigenvalue weighted by atomic mass is 10.1. The molecule has 0 saturated heterocycles. The number of carbonyl (C=O) groups excluding carboxylic acids is 1. The molecule has 0 bridgehead atoms. The molecule has 1 N–H and O–H groups in total. The third-order valence-corrected chi connectivity index (χ3v) is 4.03. The topological polar surface area (TPSA) is 85.8 Å². The molecule has 7 nitrogen and oxygen atoms in total. The minimum atomic E-state index is -0.0532. The molecule has 2 heterocycles. The van der Waals surface area contributed by atoms with E-state index in [0.717, 1.165) is 17.7 Å². The summed E-state index contributed by atoms with van der Waals surface area (Å²) in [5.41, 5.74) is 1.88. The predicted molar refractivity (Wildman–Crippen MR) is 92.4 cm³/mol. The van der Waals surface area contributed by atoms with E-state index >= 15 is 0 Å². The molecule has 0 aliphatic heterocycles. The van der Waals surface area contributed by atoms with E-state index < -0.39 is 0 Å². The molecule has 1 aromatic carbocycles. The maximum atomic E-state index is 12.2. The van der Waals surface area contributed by atoms with Crippen LogP contribution in [0.2, 0.25) is 0 Å². The van der Waals surface area contributed by atoms with Crippen molar-refractivity contribution >= 4 is 5.91 Å². The van der Waals surface area contributed by atoms with E-state index in [1.807, 2.05) is 50.4 Å². The number of nitrogens with one attached hydrogen (secondary N) is 1. The van der Waals surface area contributed by atoms with Crippen molar-refractivity contribution in [2.75, 3.05) is 0 Å². The van der Waals surface area contributed by atoms with Gasteiger partial charge < -0.3 is 9.84 Å². The maximum Gasteiger partial charge on any atom is 0.227 e. The number of benzene rings is 1. The monoisotopic (exact) mass is 339 g/mol. The normalized spacial score (nSPS) is 12.1. The Kier molecular flexibility index (Phi) is 5.23. The van der Waals surface area contributed by atoms with Crippen LogP contribution in [0.3, 0.4) is 0 Å². The highest BCUT2D eigenvalue weighted by atomic mass is 16.5. The van der Waals surface area contributed by atoms with Crippen LogP contribution in [0.15, 0.2) is 47.1 Å². The highest BCUT2D eigenvalue weighted by Crippen LogP contribution is 2.17. The molecule has 1 atom stereocenters. The van der Waals surface area contributed by atoms with Gasteiger partial charge in [-0.05, 0) is 12.5 Å². The van der Waals surface area contributed by atoms with E-state index in [9.17, 15) is 4.79 Å². The van der Waals surface area contributed by atoms with Crippen LogP contribution in [0.4, 0.5) is 0 Å². The summed E-state index contributed by atoms with van der Waals surface area (Å²) in [5.74, 6) is 0.951. The molecule has 0 saturated carbocycles. The first-order valence-corrected chi connectivity index (χ1v) is 8.32. The Morgan fingerprint density at radius 3 is 2.76 bits per heavy atom. The summed E-state index contributed by atoms with van der Waals surface area (Å²) in [7, 11) is 1.87. The smallest absolute Gasteiger partial charge is 0.227 e. The van der Waals surface area contributed by atoms with Crippen molar-refractivity contribution in [3.05, 3.63) is 54.2 Å². The van der Waals surface area contributed by atoms with E-state index in [-0.39, 0.29) is 11.9 Å². The highest BCUT2D eigenvalue weighted by Gasteiger charge is 2.16. The van der Waals surface area contributed by atoms with Gasteiger partial charge in [-0.1, -0.05) is 42.4 Å². The first-order valence-electron chi connectivity index (χ1n) is 8.32. The first-order chi connectivity index (χ1) is 12.2. The Labute approximate surface area is 146 Å². The summed E-state index contributed by atoms with van der Waals surface area (Å²) in [4.78, 5) is 16.6. The molecule has 0 aliphatic carbocycles. The van der Waals surface area contributed by atoms with Gasteiger partial charge in [0, 0.05) is 31.6 Å². The van der Waals surface area contributed by atoms with Gasteiger partial charge in [0.25, 0.3) is 0 Å². The van der Waals surface area contributed by atoms with Gasteiger partial charge in [-0.25, -0.2) is 0 Å². The number of amides is 1. The molecule has 2 aromatic heterocycles. The summed E-state index contributed by atoms with van der Waals surface area (Å²) in [5, 5.41) is 11.1. The van der Waals surface area contributed by atoms with Gasteiger partial charge in [0.1, 0.15) is 0 Å². The largest absolute Gasteiger partial charge is 0.348 e. The summed E-state index contributed by atoms with van der Waals surface area (Å²) in [6.07, 6.45) is 3.23. The van der Waals surface area contributed by atoms with Gasteiger partial charge in [0.05, 0.1) is 11.7 Å². The Hall–Kier alpha value is -2.96. The maximum absolute atomic E-state index is 12.2. The van der Waals surface area contributed by atoms with E-state index in [0.29, 0.717) is 24.6 Å². The van der Waals surface area contributed by atoms with Crippen molar-refractivity contribution in [1.82, 2.24) is 25.2 Å². The molecule has 0 unspecified atom stereocenters. The molecule has 130 valence electrons. The summed E-state index contributed by atoms with van der Waals surface area (Å²) < 4.78 is 7.01. The Balaban J connectivity index is 1.56. The van der Waals surface area contributed by atoms with Crippen LogP contribution < -0.4 is 5.32 Å². The van der Waals surface area contributed by atoms with Crippen molar-refractivity contribution in [1.29, 1.82) is 0 Å². The molecule has 0 spiro atoms. The Morgan fingerprint density at radius 1 is 1.28 bits per heavy atom. The lowest BCUT2D eigenvalue weighted by Gasteiger charge is -2.17. The molecule has 3 rings (SSSR count). The summed E-state index contributed by atoms with van der Waals surface area (Å²) in [6.45, 7) is 2.03. The van der Waals surface area contributed by atoms with Crippen LogP contribution in [-0.2, 0) is 18.3 Å². The van der Waals surface area contributed by atoms with Crippen molar-refractivity contribution in [2.24, 2.45) is 7.05 Å². The average molecular weight is 339 g/mol. The number of aromatic nitrogens is 4. The standard InChI is InChI=1S/C18H21N5O2/c1-3-14(15-11-12-19-23(15)2)20-16(24)9-10-17-21-18(22-25-17)13-7-5-4-6-8-13/h4-8,11-12,14H,3,9-10H2,1-2H3,(H,20,24)/t14-/m1/s1. The second-order valence-electron chi connectivity index (χ2n) is 5.79. The van der Waals surface area contributed by atoms with Gasteiger partial charge in [-0.3, -0.25) is 9.48 Å². The summed E-state index contributed by atoms with van der Waals surface area (Å²) in [6, 6.07) is 11.5. The lowest BCUT2D eigenvalue weighted by molar-refractivity contribution is -0.122. The number of rotatable bonds is 7. The Morgan fingerprint density at radius 2 is 2.08 bits per heavy atom. The predicted octanol–water partition coefficient (Wildman–Crippen LogP) is 2.67. The zero-order valence-corrected chi connectivity index (χ0v) is 14.3. The van der Waals surface area contributed by atoms with E-state index in [1.165, 1.54) is 0 Å². The number of hydrogen-bond donors (Lipinski definition) is 1. The van der Waals surface area contributed by atoms with Crippen LogP contribution in [0.5, 0.6) is 0 Å². The molecule has 1 amide bonds. The van der Waals surface area contributed by atoms with Crippen LogP contribution in [0.1, 0.15) is 37.4 Å². The van der Waals surface area contributed by atoms with E-state index in [2.05, 4.69) is 20.6 Å². The third-order valence-electron chi connectivity index (χ3n) is 4.03. The van der Waals surface area contributed by atoms with Gasteiger partial charge >= 0.3 is 0 Å². The molecule has 3 aromatic rings. The van der Waals surface area contributed by atoms with Crippen LogP contribution in [0, 0.1) is 0 Å². The summed E-state index contributed by atoms with van der Waals surface area (Å²) >= 11 is 0. The SMILES string of the molecule is CC[C@@H](NC(=O)CCc1nc(-c2ccccc2)no1)c1ccnn1C. The van der Waals surface area contributed by atoms with Crippen LogP contribution >= 0.6 is 0 Å². The third kappa shape index (κ3) is 4.12. The number of carbonyl (C=O) groups is 1. The van der Waals surface area contributed by atoms with Crippen LogP contribution in [0.25, 0.3) is 11.4 Å². The fourth-order valence-corrected chi connectivity index (χ4v) is 2.66. The molecular weight excluding hydrogens is 318 g/mol. The highest BCUT2D eigenvalue weighted by molar-refractivity contribution is 5.76. The van der Waals surface area contributed by atoms with E-state index in [1.54, 1.807) is 10.9 Å². The molecular formula is C18H21N5O2. The van der Waals surface area contributed by atoms with Crippen molar-refractivity contribution in [2.45, 2.75) is 32.2 Å². The number of hydrogen-bond acceptors (Lipinski definition) is 5. The second kappa shape index (κ2) is 7.74. The average Bonchev–Trinajstić information content (AvgIpc) is 3.28. The van der Waals surface area contributed by atoms with Gasteiger partial charge in [-0.15, -0.1) is 0 Å². The van der Waals surface area contributed by atoms with Gasteiger partial charge in [0.15, 0.2) is 0 Å². The quantitative estimate of drug-likeness (QED) is 0.715. The number of aryl methyl sites for hydroxylation is 2. The second-order valence-corrected chi connectivity index (χ2v) is 5.79. The fraction of sp³-hybridized carbons (Fsp3) is 0.333. The Bertz CT molecular complexity index is 825. The molecule has 25 heavy (non-hydrogen) atoms. The van der Waals surface area contributed by atoms with E-state index in [4.69, 9.17) is 4.52 Å². The van der Waals surface area contributed by atoms with Gasteiger partial charge in [-0.2, -0.15) is 10.1 Å². The molecule has 0 radical (unpaired) electrons. The molecule has 0 fully saturated rings. The first kappa shape index (κ1) is 16.9. The minimum Gasteiger partial charge on any atom is -0.348 e. The minimum absolute atomic E-state index is 0.0486. The van der Waals surface area contributed by atoms with Crippen molar-refractivity contribution < 1.29 is 9.32 Å². The van der Waals surface area contributed by atoms with Gasteiger partial charge in [0.2, 0.25) is 17.6 Å². The molecule has 7 heteroatoms. The zero-order valence-electron chi connectivity index (χ0n) is 14.3. The fourth-order valence-electron chi connectivity index (χ4n) is 2.66. The van der Waals surface area contributed by atoms with Crippen LogP contribution in [-0.4, -0.2) is 25.8 Å². The lowest BCUT2D eigenvalue weighted by Crippen LogP contribution is -2.29. The van der Waals surface area contributed by atoms with Crippen molar-refractivity contribution in [3.8, 4) is 11.4 Å². The number of nitrogens with zero attached hydrogens (tertiary/aromatic N) is 4. The zero-order chi connectivity index (χ0) is 17.6. The van der Waals surface area contributed by atoms with Crippen molar-refractivity contribution in [3.63, 3.8) is 0 Å². The molecule has 0 aliphatic rings.